The summed E-state index contributed by atoms with van der Waals surface area (Å²) in [6, 6.07) is 0. The lowest BCUT2D eigenvalue weighted by molar-refractivity contribution is -0.161. The second-order valence-corrected chi connectivity index (χ2v) is 2.54. The average Bonchev–Trinajstić information content (AvgIpc) is 1.85. The summed E-state index contributed by atoms with van der Waals surface area (Å²) < 4.78 is 0. The van der Waals surface area contributed by atoms with E-state index in [0.29, 0.717) is 6.21 Å². The van der Waals surface area contributed by atoms with Crippen LogP contribution in [0.5, 0.6) is 0 Å². The van der Waals surface area contributed by atoms with Crippen molar-refractivity contribution in [1.82, 2.24) is 0 Å². The Morgan fingerprint density at radius 1 is 1.58 bits per heavy atom. The van der Waals surface area contributed by atoms with Crippen LogP contribution in [-0.2, 0) is 14.4 Å². The molecule has 12 heavy (non-hydrogen) atoms. The Morgan fingerprint density at radius 2 is 2.08 bits per heavy atom. The van der Waals surface area contributed by atoms with Crippen LogP contribution >= 0.6 is 0 Å². The fourth-order valence-corrected chi connectivity index (χ4v) is 0.249. The van der Waals surface area contributed by atoms with Crippen LogP contribution in [0.1, 0.15) is 13.8 Å². The van der Waals surface area contributed by atoms with Crippen LogP contribution in [0.3, 0.4) is 0 Å². The van der Waals surface area contributed by atoms with Crippen LogP contribution in [0.2, 0.25) is 0 Å². The van der Waals surface area contributed by atoms with Gasteiger partial charge in [0, 0.05) is 0 Å². The Bertz CT molecular complexity index is 222. The first kappa shape index (κ1) is 10.4. The molecule has 0 atom stereocenters. The largest absolute Gasteiger partial charge is 0.478 e. The maximum absolute atomic E-state index is 10.4. The number of hydrogen-bond donors (Lipinski definition) is 2. The zero-order valence-electron chi connectivity index (χ0n) is 6.77. The Kier molecular flexibility index (Phi) is 3.21. The summed E-state index contributed by atoms with van der Waals surface area (Å²) in [5.74, 6) is -1.97. The summed E-state index contributed by atoms with van der Waals surface area (Å²) in [6.45, 7) is 2.60. The molecule has 6 nitrogen and oxygen atoms in total. The van der Waals surface area contributed by atoms with E-state index in [1.807, 2.05) is 0 Å². The van der Waals surface area contributed by atoms with Crippen molar-refractivity contribution in [1.29, 1.82) is 0 Å². The number of nitrogens with two attached hydrogens (primary N) is 1. The number of carbonyl (C=O) groups excluding carboxylic acids is 1. The van der Waals surface area contributed by atoms with E-state index in [-0.39, 0.29) is 0 Å². The number of carbonyl (C=O) groups is 2. The average molecular weight is 174 g/mol. The lowest BCUT2D eigenvalue weighted by Gasteiger charge is -2.15. The molecule has 0 aliphatic carbocycles. The van der Waals surface area contributed by atoms with Crippen LogP contribution < -0.4 is 5.73 Å². The van der Waals surface area contributed by atoms with Crippen molar-refractivity contribution in [3.63, 3.8) is 0 Å². The minimum Gasteiger partial charge on any atom is -0.478 e. The molecule has 3 N–H and O–H groups in total. The molecule has 0 aliphatic rings. The van der Waals surface area contributed by atoms with E-state index in [9.17, 15) is 9.59 Å². The van der Waals surface area contributed by atoms with E-state index >= 15 is 0 Å². The Balaban J connectivity index is 4.09. The molecule has 0 saturated heterocycles. The number of carboxylic acid groups (broad SMARTS) is 1. The Labute approximate surface area is 69.0 Å². The third-order valence-corrected chi connectivity index (χ3v) is 0.976. The third-order valence-electron chi connectivity index (χ3n) is 0.976. The van der Waals surface area contributed by atoms with Gasteiger partial charge in [0.25, 0.3) is 5.91 Å². The predicted molar refractivity (Wildman–Crippen MR) is 40.5 cm³/mol. The zero-order chi connectivity index (χ0) is 9.78. The molecule has 0 unspecified atom stereocenters. The number of carboxylic acids is 1. The van der Waals surface area contributed by atoms with Gasteiger partial charge >= 0.3 is 5.97 Å². The first-order valence-electron chi connectivity index (χ1n) is 3.10. The monoisotopic (exact) mass is 174 g/mol. The van der Waals surface area contributed by atoms with Gasteiger partial charge < -0.3 is 15.7 Å². The summed E-state index contributed by atoms with van der Waals surface area (Å²) in [5.41, 5.74) is 3.23. The quantitative estimate of drug-likeness (QED) is 0.436. The summed E-state index contributed by atoms with van der Waals surface area (Å²) in [4.78, 5) is 25.0. The summed E-state index contributed by atoms with van der Waals surface area (Å²) in [5, 5.41) is 11.6. The summed E-state index contributed by atoms with van der Waals surface area (Å²) in [6.07, 6.45) is 0.699. The normalized spacial score (nSPS) is 11.5. The number of primary amides is 1. The van der Waals surface area contributed by atoms with Crippen molar-refractivity contribution in [3.05, 3.63) is 0 Å². The van der Waals surface area contributed by atoms with E-state index in [0.717, 1.165) is 0 Å². The molecule has 6 heteroatoms. The fourth-order valence-electron chi connectivity index (χ4n) is 0.249. The molecule has 0 saturated carbocycles. The molecule has 0 aromatic heterocycles. The summed E-state index contributed by atoms with van der Waals surface area (Å²) in [7, 11) is 0. The number of nitrogens with zero attached hydrogens (tertiary/aromatic N) is 1. The molecule has 0 heterocycles. The van der Waals surface area contributed by atoms with Crippen molar-refractivity contribution in [2.75, 3.05) is 0 Å². The van der Waals surface area contributed by atoms with Gasteiger partial charge in [-0.15, -0.1) is 0 Å². The van der Waals surface area contributed by atoms with Crippen molar-refractivity contribution < 1.29 is 19.5 Å². The summed E-state index contributed by atoms with van der Waals surface area (Å²) >= 11 is 0. The smallest absolute Gasteiger partial charge is 0.350 e. The molecular formula is C6H10N2O4. The fraction of sp³-hybridized carbons (Fsp3) is 0.500. The van der Waals surface area contributed by atoms with Gasteiger partial charge in [-0.3, -0.25) is 4.79 Å². The van der Waals surface area contributed by atoms with E-state index in [1.54, 1.807) is 0 Å². The third kappa shape index (κ3) is 3.55. The van der Waals surface area contributed by atoms with Gasteiger partial charge in [-0.1, -0.05) is 5.16 Å². The highest BCUT2D eigenvalue weighted by Gasteiger charge is 2.29. The highest BCUT2D eigenvalue weighted by molar-refractivity contribution is 6.25. The second kappa shape index (κ2) is 3.70. The lowest BCUT2D eigenvalue weighted by atomic mass is 10.1. The molecule has 0 spiro atoms. The SMILES string of the molecule is CC(C)(O/N=C/C(N)=O)C(=O)O. The molecule has 0 radical (unpaired) electrons. The maximum atomic E-state index is 10.4. The number of aliphatic carboxylic acids is 1. The van der Waals surface area contributed by atoms with Gasteiger partial charge in [0.15, 0.2) is 0 Å². The van der Waals surface area contributed by atoms with Crippen molar-refractivity contribution in [2.24, 2.45) is 10.9 Å². The first-order chi connectivity index (χ1) is 5.36. The Morgan fingerprint density at radius 3 is 2.42 bits per heavy atom. The van der Waals surface area contributed by atoms with Crippen molar-refractivity contribution in [2.45, 2.75) is 19.4 Å². The van der Waals surface area contributed by atoms with Crippen molar-refractivity contribution in [3.8, 4) is 0 Å². The molecular weight excluding hydrogens is 164 g/mol. The van der Waals surface area contributed by atoms with Gasteiger partial charge in [0.1, 0.15) is 6.21 Å². The molecule has 68 valence electrons. The molecule has 0 fully saturated rings. The number of amides is 1. The molecule has 0 aromatic rings. The standard InChI is InChI=1S/C6H10N2O4/c1-6(2,5(10)11)12-8-3-4(7)9/h3H,1-2H3,(H2,7,9)(H,10,11)/b8-3+. The second-order valence-electron chi connectivity index (χ2n) is 2.54. The van der Waals surface area contributed by atoms with Crippen LogP contribution in [-0.4, -0.2) is 28.8 Å². The minimum absolute atomic E-state index is 0.699. The van der Waals surface area contributed by atoms with Gasteiger partial charge in [-0.25, -0.2) is 4.79 Å². The predicted octanol–water partition coefficient (Wildman–Crippen LogP) is -0.663. The van der Waals surface area contributed by atoms with Crippen LogP contribution in [0.25, 0.3) is 0 Å². The topological polar surface area (TPSA) is 102 Å². The zero-order valence-corrected chi connectivity index (χ0v) is 6.77. The van der Waals surface area contributed by atoms with Crippen LogP contribution in [0.4, 0.5) is 0 Å². The number of oxime groups is 1. The van der Waals surface area contributed by atoms with Gasteiger partial charge in [0.2, 0.25) is 5.60 Å². The van der Waals surface area contributed by atoms with Crippen molar-refractivity contribution >= 4 is 18.1 Å². The van der Waals surface area contributed by atoms with Gasteiger partial charge in [-0.2, -0.15) is 0 Å². The number of rotatable bonds is 4. The number of hydrogen-bond acceptors (Lipinski definition) is 4. The highest BCUT2D eigenvalue weighted by Crippen LogP contribution is 2.08. The van der Waals surface area contributed by atoms with E-state index in [2.05, 4.69) is 15.7 Å². The van der Waals surface area contributed by atoms with E-state index in [1.165, 1.54) is 13.8 Å². The van der Waals surface area contributed by atoms with Crippen LogP contribution in [0, 0.1) is 0 Å². The lowest BCUT2D eigenvalue weighted by Crippen LogP contribution is -2.33. The molecule has 0 rings (SSSR count). The van der Waals surface area contributed by atoms with Gasteiger partial charge in [0.05, 0.1) is 0 Å². The van der Waals surface area contributed by atoms with Gasteiger partial charge in [-0.05, 0) is 13.8 Å². The molecule has 0 aromatic carbocycles. The van der Waals surface area contributed by atoms with E-state index < -0.39 is 17.5 Å². The Hall–Kier alpha value is -1.59. The minimum atomic E-state index is -1.45. The van der Waals surface area contributed by atoms with E-state index in [4.69, 9.17) is 5.11 Å². The molecule has 0 aliphatic heterocycles. The molecule has 0 bridgehead atoms. The molecule has 1 amide bonds. The maximum Gasteiger partial charge on any atom is 0.350 e. The highest BCUT2D eigenvalue weighted by atomic mass is 16.7. The van der Waals surface area contributed by atoms with Crippen LogP contribution in [0.15, 0.2) is 5.16 Å². The first-order valence-corrected chi connectivity index (χ1v) is 3.10.